The van der Waals surface area contributed by atoms with E-state index in [1.165, 1.54) is 18.2 Å². The predicted octanol–water partition coefficient (Wildman–Crippen LogP) is 8.25. The van der Waals surface area contributed by atoms with E-state index in [1.807, 2.05) is 56.3 Å². The van der Waals surface area contributed by atoms with Gasteiger partial charge < -0.3 is 9.47 Å². The molecule has 36 heavy (non-hydrogen) atoms. The Kier molecular flexibility index (Phi) is 7.80. The Morgan fingerprint density at radius 3 is 2.33 bits per heavy atom. The lowest BCUT2D eigenvalue weighted by Gasteiger charge is -2.27. The minimum atomic E-state index is -1.22. The van der Waals surface area contributed by atoms with E-state index >= 15 is 0 Å². The summed E-state index contributed by atoms with van der Waals surface area (Å²) in [5.74, 6) is -1.36. The number of para-hydroxylation sites is 1. The maximum atomic E-state index is 14.4. The number of carbonyl (C=O) groups is 1. The van der Waals surface area contributed by atoms with Gasteiger partial charge in [0, 0.05) is 5.56 Å². The highest BCUT2D eigenvalue weighted by atomic mass is 79.9. The minimum Gasteiger partial charge on any atom is -0.454 e. The molecule has 0 spiro atoms. The first-order valence-electron chi connectivity index (χ1n) is 11.3. The van der Waals surface area contributed by atoms with Crippen LogP contribution in [0, 0.1) is 34.4 Å². The quantitative estimate of drug-likeness (QED) is 0.185. The first-order valence-corrected chi connectivity index (χ1v) is 13.4. The summed E-state index contributed by atoms with van der Waals surface area (Å²) < 4.78 is 24.7. The minimum absolute atomic E-state index is 0.0609. The Morgan fingerprint density at radius 2 is 1.72 bits per heavy atom. The van der Waals surface area contributed by atoms with Crippen molar-refractivity contribution in [2.24, 2.45) is 17.3 Å². The second-order valence-corrected chi connectivity index (χ2v) is 12.6. The Bertz CT molecular complexity index is 1280. The van der Waals surface area contributed by atoms with Crippen molar-refractivity contribution < 1.29 is 18.7 Å². The predicted molar refractivity (Wildman–Crippen MR) is 144 cm³/mol. The third-order valence-corrected chi connectivity index (χ3v) is 10.1. The number of nitriles is 1. The number of rotatable bonds is 8. The van der Waals surface area contributed by atoms with E-state index < -0.39 is 33.0 Å². The molecule has 0 amide bonds. The first-order chi connectivity index (χ1) is 17.1. The molecular formula is C28H23Br2ClFNO3. The average molecular weight is 636 g/mol. The zero-order valence-corrected chi connectivity index (χ0v) is 23.4. The largest absolute Gasteiger partial charge is 0.454 e. The van der Waals surface area contributed by atoms with E-state index in [4.69, 9.17) is 21.1 Å². The van der Waals surface area contributed by atoms with Crippen LogP contribution in [0.3, 0.4) is 0 Å². The van der Waals surface area contributed by atoms with Gasteiger partial charge in [0.2, 0.25) is 6.10 Å². The van der Waals surface area contributed by atoms with Gasteiger partial charge >= 0.3 is 5.97 Å². The molecular weight excluding hydrogens is 613 g/mol. The van der Waals surface area contributed by atoms with Gasteiger partial charge in [0.15, 0.2) is 11.6 Å². The van der Waals surface area contributed by atoms with E-state index in [9.17, 15) is 14.4 Å². The monoisotopic (exact) mass is 633 g/mol. The van der Waals surface area contributed by atoms with Crippen LogP contribution < -0.4 is 4.74 Å². The van der Waals surface area contributed by atoms with E-state index in [-0.39, 0.29) is 16.5 Å². The molecule has 186 valence electrons. The molecule has 0 aliphatic heterocycles. The number of esters is 1. The van der Waals surface area contributed by atoms with Crippen LogP contribution in [0.25, 0.3) is 0 Å². The van der Waals surface area contributed by atoms with Crippen molar-refractivity contribution in [1.29, 1.82) is 5.26 Å². The van der Waals surface area contributed by atoms with Gasteiger partial charge in [-0.25, -0.2) is 4.39 Å². The molecule has 1 aliphatic rings. The maximum Gasteiger partial charge on any atom is 0.311 e. The fourth-order valence-electron chi connectivity index (χ4n) is 4.45. The van der Waals surface area contributed by atoms with Gasteiger partial charge in [0.05, 0.1) is 10.7 Å². The Balaban J connectivity index is 1.50. The Morgan fingerprint density at radius 1 is 1.11 bits per heavy atom. The van der Waals surface area contributed by atoms with Gasteiger partial charge in [-0.15, -0.1) is 11.6 Å². The number of nitrogens with zero attached hydrogens (tertiary/aromatic N) is 1. The average Bonchev–Trinajstić information content (AvgIpc) is 3.46. The van der Waals surface area contributed by atoms with E-state index in [0.29, 0.717) is 11.3 Å². The van der Waals surface area contributed by atoms with E-state index in [1.54, 1.807) is 24.3 Å². The number of alkyl halides is 3. The van der Waals surface area contributed by atoms with Gasteiger partial charge in [-0.05, 0) is 41.2 Å². The molecule has 0 radical (unpaired) electrons. The molecule has 8 heteroatoms. The number of halogens is 4. The molecule has 0 aromatic heterocycles. The van der Waals surface area contributed by atoms with Crippen molar-refractivity contribution in [3.05, 3.63) is 95.8 Å². The molecule has 1 aliphatic carbocycles. The molecule has 0 bridgehead atoms. The fourth-order valence-corrected chi connectivity index (χ4v) is 6.52. The SMILES string of the molecule is CC1(C)C(C(=O)O[C@@H](C#N)c2ccc(F)c(Oc3ccccc3)c2)C1C(Br)C(Cl)(Br)c1ccccc1. The highest BCUT2D eigenvalue weighted by molar-refractivity contribution is 9.12. The fraction of sp³-hybridized carbons (Fsp3) is 0.286. The second kappa shape index (κ2) is 10.5. The summed E-state index contributed by atoms with van der Waals surface area (Å²) in [7, 11) is 0. The third kappa shape index (κ3) is 5.32. The zero-order valence-electron chi connectivity index (χ0n) is 19.5. The van der Waals surface area contributed by atoms with Crippen molar-refractivity contribution in [3.8, 4) is 17.6 Å². The van der Waals surface area contributed by atoms with Crippen LogP contribution in [0.1, 0.15) is 31.1 Å². The van der Waals surface area contributed by atoms with Gasteiger partial charge in [0.1, 0.15) is 15.6 Å². The molecule has 0 heterocycles. The number of benzene rings is 3. The van der Waals surface area contributed by atoms with Crippen LogP contribution in [-0.2, 0) is 13.3 Å². The Hall–Kier alpha value is -2.40. The molecule has 4 nitrogen and oxygen atoms in total. The van der Waals surface area contributed by atoms with Crippen molar-refractivity contribution in [2.45, 2.75) is 28.6 Å². The number of ether oxygens (including phenoxy) is 2. The van der Waals surface area contributed by atoms with Crippen molar-refractivity contribution >= 4 is 49.4 Å². The molecule has 0 N–H and O–H groups in total. The van der Waals surface area contributed by atoms with Gasteiger partial charge in [-0.1, -0.05) is 100 Å². The highest BCUT2D eigenvalue weighted by Crippen LogP contribution is 2.66. The van der Waals surface area contributed by atoms with Crippen LogP contribution in [0.5, 0.6) is 11.5 Å². The van der Waals surface area contributed by atoms with E-state index in [0.717, 1.165) is 5.56 Å². The van der Waals surface area contributed by atoms with Crippen molar-refractivity contribution in [1.82, 2.24) is 0 Å². The molecule has 1 saturated carbocycles. The van der Waals surface area contributed by atoms with Crippen LogP contribution in [0.2, 0.25) is 0 Å². The summed E-state index contributed by atoms with van der Waals surface area (Å²) in [4.78, 5) is 12.9. The number of carbonyl (C=O) groups excluding carboxylic acids is 1. The van der Waals surface area contributed by atoms with Crippen LogP contribution in [0.15, 0.2) is 78.9 Å². The number of hydrogen-bond acceptors (Lipinski definition) is 4. The summed E-state index contributed by atoms with van der Waals surface area (Å²) in [6, 6.07) is 24.2. The molecule has 4 unspecified atom stereocenters. The van der Waals surface area contributed by atoms with Gasteiger partial charge in [-0.3, -0.25) is 4.79 Å². The molecule has 5 atom stereocenters. The van der Waals surface area contributed by atoms with E-state index in [2.05, 4.69) is 31.9 Å². The lowest BCUT2D eigenvalue weighted by atomic mass is 10.0. The van der Waals surface area contributed by atoms with Gasteiger partial charge in [-0.2, -0.15) is 5.26 Å². The topological polar surface area (TPSA) is 59.3 Å². The second-order valence-electron chi connectivity index (χ2n) is 9.27. The summed E-state index contributed by atoms with van der Waals surface area (Å²) in [6.07, 6.45) is -1.22. The Labute approximate surface area is 231 Å². The standard InChI is InChI=1S/C28H23Br2ClFNO3/c1-27(2)23(25(29)28(30,31)18-9-5-3-6-10-18)24(27)26(34)36-22(16-33)17-13-14-20(32)21(15-17)35-19-11-7-4-8-12-19/h3-15,22-25H,1-2H3/t22-,23?,24?,25?,28?/m0/s1. The smallest absolute Gasteiger partial charge is 0.311 e. The molecule has 1 fully saturated rings. The molecule has 3 aromatic carbocycles. The van der Waals surface area contributed by atoms with Crippen molar-refractivity contribution in [3.63, 3.8) is 0 Å². The molecule has 3 aromatic rings. The third-order valence-electron chi connectivity index (χ3n) is 6.57. The summed E-state index contributed by atoms with van der Waals surface area (Å²) in [6.45, 7) is 3.93. The van der Waals surface area contributed by atoms with Gasteiger partial charge in [0.25, 0.3) is 0 Å². The maximum absolute atomic E-state index is 14.4. The lowest BCUT2D eigenvalue weighted by molar-refractivity contribution is -0.149. The summed E-state index contributed by atoms with van der Waals surface area (Å²) in [5, 5.41) is 9.76. The normalized spacial score (nSPS) is 21.4. The molecule has 0 saturated heterocycles. The zero-order chi connectivity index (χ0) is 26.1. The first kappa shape index (κ1) is 26.7. The highest BCUT2D eigenvalue weighted by Gasteiger charge is 2.68. The number of hydrogen-bond donors (Lipinski definition) is 0. The lowest BCUT2D eigenvalue weighted by Crippen LogP contribution is -2.27. The van der Waals surface area contributed by atoms with Crippen LogP contribution in [0.4, 0.5) is 4.39 Å². The summed E-state index contributed by atoms with van der Waals surface area (Å²) >= 11 is 14.2. The summed E-state index contributed by atoms with van der Waals surface area (Å²) in [5.41, 5.74) is 0.758. The molecule has 4 rings (SSSR count). The van der Waals surface area contributed by atoms with Crippen molar-refractivity contribution in [2.75, 3.05) is 0 Å². The van der Waals surface area contributed by atoms with Crippen LogP contribution >= 0.6 is 43.5 Å². The van der Waals surface area contributed by atoms with Crippen LogP contribution in [-0.4, -0.2) is 10.8 Å².